The molecule has 2 heterocycles. The highest BCUT2D eigenvalue weighted by atomic mass is 19.4. The molecule has 1 saturated heterocycles. The maximum Gasteiger partial charge on any atom is 0.416 e. The van der Waals surface area contributed by atoms with Crippen molar-refractivity contribution in [2.24, 2.45) is 0 Å². The number of fused-ring (bicyclic) bond motifs is 1. The van der Waals surface area contributed by atoms with Crippen molar-refractivity contribution in [1.82, 2.24) is 10.2 Å². The van der Waals surface area contributed by atoms with Gasteiger partial charge in [0, 0.05) is 44.5 Å². The van der Waals surface area contributed by atoms with Gasteiger partial charge in [0.1, 0.15) is 0 Å². The quantitative estimate of drug-likeness (QED) is 0.784. The fourth-order valence-electron chi connectivity index (χ4n) is 4.27. The molecule has 0 unspecified atom stereocenters. The summed E-state index contributed by atoms with van der Waals surface area (Å²) in [7, 11) is 2.07. The van der Waals surface area contributed by atoms with E-state index in [1.807, 2.05) is 0 Å². The van der Waals surface area contributed by atoms with Gasteiger partial charge in [-0.15, -0.1) is 0 Å². The molecule has 0 radical (unpaired) electrons. The van der Waals surface area contributed by atoms with Gasteiger partial charge in [-0.1, -0.05) is 18.2 Å². The first-order chi connectivity index (χ1) is 14.8. The Bertz CT molecular complexity index is 942. The largest absolute Gasteiger partial charge is 0.416 e. The van der Waals surface area contributed by atoms with E-state index in [4.69, 9.17) is 4.74 Å². The molecule has 0 aliphatic carbocycles. The van der Waals surface area contributed by atoms with Gasteiger partial charge < -0.3 is 15.0 Å². The minimum Gasteiger partial charge on any atom is -0.379 e. The predicted octanol–water partition coefficient (Wildman–Crippen LogP) is 3.50. The molecule has 0 bridgehead atoms. The summed E-state index contributed by atoms with van der Waals surface area (Å²) in [6.45, 7) is 4.00. The number of alkyl halides is 3. The van der Waals surface area contributed by atoms with Crippen LogP contribution < -0.4 is 10.2 Å². The third-order valence-corrected chi connectivity index (χ3v) is 6.01. The van der Waals surface area contributed by atoms with Crippen LogP contribution in [0.3, 0.4) is 0 Å². The van der Waals surface area contributed by atoms with Gasteiger partial charge in [-0.3, -0.25) is 9.69 Å². The van der Waals surface area contributed by atoms with E-state index < -0.39 is 17.6 Å². The number of carbonyl (C=O) groups excluding carboxylic acids is 1. The van der Waals surface area contributed by atoms with Crippen LogP contribution in [0, 0.1) is 0 Å². The number of hydrogen-bond acceptors (Lipinski definition) is 4. The van der Waals surface area contributed by atoms with Crippen molar-refractivity contribution in [2.45, 2.75) is 18.6 Å². The van der Waals surface area contributed by atoms with Crippen molar-refractivity contribution in [2.75, 3.05) is 51.3 Å². The second kappa shape index (κ2) is 8.88. The lowest BCUT2D eigenvalue weighted by atomic mass is 10.00. The Balaban J connectivity index is 1.53. The van der Waals surface area contributed by atoms with Crippen LogP contribution in [-0.4, -0.2) is 57.2 Å². The molecular weight excluding hydrogens is 407 g/mol. The number of halogens is 3. The molecule has 31 heavy (non-hydrogen) atoms. The highest BCUT2D eigenvalue weighted by Crippen LogP contribution is 2.32. The molecular formula is C23H26F3N3O2. The predicted molar refractivity (Wildman–Crippen MR) is 112 cm³/mol. The molecule has 1 fully saturated rings. The molecule has 4 rings (SSSR count). The minimum absolute atomic E-state index is 0.00568. The first kappa shape index (κ1) is 21.6. The molecule has 2 aliphatic heterocycles. The average Bonchev–Trinajstić information content (AvgIpc) is 3.14. The summed E-state index contributed by atoms with van der Waals surface area (Å²) in [6, 6.07) is 10.8. The number of nitrogens with one attached hydrogen (secondary N) is 1. The van der Waals surface area contributed by atoms with Crippen LogP contribution in [-0.2, 0) is 17.3 Å². The number of carbonyl (C=O) groups is 1. The number of benzene rings is 2. The molecule has 8 heteroatoms. The van der Waals surface area contributed by atoms with Gasteiger partial charge in [-0.25, -0.2) is 0 Å². The normalized spacial score (nSPS) is 18.0. The Kier molecular flexibility index (Phi) is 6.20. The van der Waals surface area contributed by atoms with Gasteiger partial charge >= 0.3 is 6.18 Å². The molecule has 2 aromatic rings. The lowest BCUT2D eigenvalue weighted by Gasteiger charge is -2.35. The summed E-state index contributed by atoms with van der Waals surface area (Å²) in [5.41, 5.74) is 2.78. The minimum atomic E-state index is -4.48. The summed E-state index contributed by atoms with van der Waals surface area (Å²) < 4.78 is 44.4. The van der Waals surface area contributed by atoms with Crippen molar-refractivity contribution in [1.29, 1.82) is 0 Å². The molecule has 1 atom stereocenters. The van der Waals surface area contributed by atoms with E-state index in [1.165, 1.54) is 23.4 Å². The number of likely N-dealkylation sites (N-methyl/N-ethyl adjacent to an activating group) is 1. The molecule has 0 saturated carbocycles. The molecule has 2 aromatic carbocycles. The Labute approximate surface area is 179 Å². The van der Waals surface area contributed by atoms with Crippen molar-refractivity contribution in [3.8, 4) is 0 Å². The summed E-state index contributed by atoms with van der Waals surface area (Å²) in [5, 5.41) is 2.85. The zero-order valence-electron chi connectivity index (χ0n) is 17.4. The monoisotopic (exact) mass is 433 g/mol. The SMILES string of the molecule is CN1CCc2cc([C@@H](CNC(=O)c3cccc(C(F)(F)F)c3)N3CCOCC3)ccc21. The highest BCUT2D eigenvalue weighted by molar-refractivity contribution is 5.94. The second-order valence-corrected chi connectivity index (χ2v) is 8.01. The van der Waals surface area contributed by atoms with Crippen LogP contribution in [0.15, 0.2) is 42.5 Å². The summed E-state index contributed by atoms with van der Waals surface area (Å²) in [6.07, 6.45) is -3.50. The number of hydrogen-bond donors (Lipinski definition) is 1. The molecule has 0 aromatic heterocycles. The number of ether oxygens (including phenoxy) is 1. The van der Waals surface area contributed by atoms with Crippen LogP contribution in [0.25, 0.3) is 0 Å². The maximum absolute atomic E-state index is 13.0. The van der Waals surface area contributed by atoms with Crippen molar-refractivity contribution in [3.63, 3.8) is 0 Å². The number of morpholine rings is 1. The smallest absolute Gasteiger partial charge is 0.379 e. The fraction of sp³-hybridized carbons (Fsp3) is 0.435. The topological polar surface area (TPSA) is 44.8 Å². The third-order valence-electron chi connectivity index (χ3n) is 6.01. The van der Waals surface area contributed by atoms with Gasteiger partial charge in [0.2, 0.25) is 0 Å². The Hall–Kier alpha value is -2.58. The van der Waals surface area contributed by atoms with Crippen LogP contribution in [0.5, 0.6) is 0 Å². The number of nitrogens with zero attached hydrogens (tertiary/aromatic N) is 2. The third kappa shape index (κ3) is 4.85. The first-order valence-corrected chi connectivity index (χ1v) is 10.4. The standard InChI is InChI=1S/C23H26F3N3O2/c1-28-8-7-17-13-16(5-6-20(17)28)21(29-9-11-31-12-10-29)15-27-22(30)18-3-2-4-19(14-18)23(24,25)26/h2-6,13-14,21H,7-12,15H2,1H3,(H,27,30)/t21-/m1/s1. The lowest BCUT2D eigenvalue weighted by molar-refractivity contribution is -0.137. The van der Waals surface area contributed by atoms with Crippen LogP contribution in [0.1, 0.15) is 33.1 Å². The molecule has 5 nitrogen and oxygen atoms in total. The van der Waals surface area contributed by atoms with E-state index in [9.17, 15) is 18.0 Å². The molecule has 0 spiro atoms. The number of amides is 1. The summed E-state index contributed by atoms with van der Waals surface area (Å²) in [4.78, 5) is 17.1. The summed E-state index contributed by atoms with van der Waals surface area (Å²) >= 11 is 0. The summed E-state index contributed by atoms with van der Waals surface area (Å²) in [5.74, 6) is -0.509. The number of anilines is 1. The van der Waals surface area contributed by atoms with E-state index in [2.05, 4.69) is 40.4 Å². The molecule has 1 N–H and O–H groups in total. The van der Waals surface area contributed by atoms with Gasteiger partial charge in [-0.2, -0.15) is 13.2 Å². The van der Waals surface area contributed by atoms with E-state index in [-0.39, 0.29) is 11.6 Å². The van der Waals surface area contributed by atoms with Gasteiger partial charge in [0.05, 0.1) is 24.8 Å². The Morgan fingerprint density at radius 1 is 1.13 bits per heavy atom. The maximum atomic E-state index is 13.0. The van der Waals surface area contributed by atoms with Crippen molar-refractivity contribution < 1.29 is 22.7 Å². The van der Waals surface area contributed by atoms with E-state index >= 15 is 0 Å². The first-order valence-electron chi connectivity index (χ1n) is 10.4. The van der Waals surface area contributed by atoms with E-state index in [0.717, 1.165) is 43.8 Å². The van der Waals surface area contributed by atoms with Gasteiger partial charge in [-0.05, 0) is 41.8 Å². The highest BCUT2D eigenvalue weighted by Gasteiger charge is 2.31. The van der Waals surface area contributed by atoms with Crippen LogP contribution in [0.2, 0.25) is 0 Å². The van der Waals surface area contributed by atoms with Crippen LogP contribution in [0.4, 0.5) is 18.9 Å². The zero-order valence-corrected chi connectivity index (χ0v) is 17.4. The second-order valence-electron chi connectivity index (χ2n) is 8.01. The van der Waals surface area contributed by atoms with E-state index in [0.29, 0.717) is 19.8 Å². The average molecular weight is 433 g/mol. The van der Waals surface area contributed by atoms with Gasteiger partial charge in [0.25, 0.3) is 5.91 Å². The van der Waals surface area contributed by atoms with E-state index in [1.54, 1.807) is 0 Å². The lowest BCUT2D eigenvalue weighted by Crippen LogP contribution is -2.43. The Morgan fingerprint density at radius 2 is 1.90 bits per heavy atom. The van der Waals surface area contributed by atoms with Crippen LogP contribution >= 0.6 is 0 Å². The Morgan fingerprint density at radius 3 is 2.65 bits per heavy atom. The number of rotatable bonds is 5. The van der Waals surface area contributed by atoms with Gasteiger partial charge in [0.15, 0.2) is 0 Å². The molecule has 2 aliphatic rings. The zero-order chi connectivity index (χ0) is 22.0. The van der Waals surface area contributed by atoms with Crippen molar-refractivity contribution in [3.05, 3.63) is 64.7 Å². The van der Waals surface area contributed by atoms with Crippen molar-refractivity contribution >= 4 is 11.6 Å². The molecule has 166 valence electrons. The molecule has 1 amide bonds. The fourth-order valence-corrected chi connectivity index (χ4v) is 4.27.